The summed E-state index contributed by atoms with van der Waals surface area (Å²) in [6, 6.07) is 0. The van der Waals surface area contributed by atoms with Gasteiger partial charge >= 0.3 is 0 Å². The summed E-state index contributed by atoms with van der Waals surface area (Å²) in [5.74, 6) is 1.89. The SMILES string of the molecule is CC(C)Cn1ncnc1CC1(O)CCN2CCC1C2. The molecule has 19 heavy (non-hydrogen) atoms. The van der Waals surface area contributed by atoms with Crippen molar-refractivity contribution < 1.29 is 5.11 Å². The number of nitrogens with zero attached hydrogens (tertiary/aromatic N) is 4. The van der Waals surface area contributed by atoms with Gasteiger partial charge in [0.05, 0.1) is 5.60 Å². The molecule has 3 atom stereocenters. The summed E-state index contributed by atoms with van der Waals surface area (Å²) in [6.07, 6.45) is 4.25. The fourth-order valence-corrected chi connectivity index (χ4v) is 3.46. The van der Waals surface area contributed by atoms with Crippen molar-refractivity contribution in [1.82, 2.24) is 19.7 Å². The Morgan fingerprint density at radius 2 is 2.32 bits per heavy atom. The summed E-state index contributed by atoms with van der Waals surface area (Å²) in [6.45, 7) is 8.44. The van der Waals surface area contributed by atoms with E-state index in [0.29, 0.717) is 18.3 Å². The molecule has 0 radical (unpaired) electrons. The zero-order valence-electron chi connectivity index (χ0n) is 11.9. The summed E-state index contributed by atoms with van der Waals surface area (Å²) in [4.78, 5) is 6.83. The normalized spacial score (nSPS) is 34.1. The van der Waals surface area contributed by atoms with Gasteiger partial charge in [0.25, 0.3) is 0 Å². The molecule has 106 valence electrons. The first-order valence-electron chi connectivity index (χ1n) is 7.38. The van der Waals surface area contributed by atoms with E-state index in [-0.39, 0.29) is 0 Å². The molecule has 2 fully saturated rings. The summed E-state index contributed by atoms with van der Waals surface area (Å²) >= 11 is 0. The number of aliphatic hydroxyl groups is 1. The molecule has 0 saturated carbocycles. The van der Waals surface area contributed by atoms with E-state index in [0.717, 1.165) is 44.8 Å². The van der Waals surface area contributed by atoms with Crippen molar-refractivity contribution in [3.8, 4) is 0 Å². The van der Waals surface area contributed by atoms with E-state index in [1.54, 1.807) is 6.33 Å². The second-order valence-corrected chi connectivity index (χ2v) is 6.57. The van der Waals surface area contributed by atoms with Gasteiger partial charge in [0.1, 0.15) is 12.2 Å². The lowest BCUT2D eigenvalue weighted by molar-refractivity contribution is -0.0460. The fraction of sp³-hybridized carbons (Fsp3) is 0.857. The van der Waals surface area contributed by atoms with E-state index in [9.17, 15) is 5.11 Å². The predicted molar refractivity (Wildman–Crippen MR) is 72.7 cm³/mol. The summed E-state index contributed by atoms with van der Waals surface area (Å²) in [5, 5.41) is 15.3. The van der Waals surface area contributed by atoms with Gasteiger partial charge < -0.3 is 10.0 Å². The third-order valence-electron chi connectivity index (χ3n) is 4.59. The molecule has 1 aromatic heterocycles. The first-order valence-corrected chi connectivity index (χ1v) is 7.38. The van der Waals surface area contributed by atoms with Crippen molar-refractivity contribution in [3.05, 3.63) is 12.2 Å². The van der Waals surface area contributed by atoms with Crippen LogP contribution < -0.4 is 0 Å². The average Bonchev–Trinajstić information content (AvgIpc) is 2.93. The molecule has 3 rings (SSSR count). The zero-order valence-corrected chi connectivity index (χ0v) is 11.9. The van der Waals surface area contributed by atoms with Crippen molar-refractivity contribution in [2.45, 2.75) is 45.3 Å². The van der Waals surface area contributed by atoms with Crippen molar-refractivity contribution in [1.29, 1.82) is 0 Å². The molecular weight excluding hydrogens is 240 g/mol. The van der Waals surface area contributed by atoms with Gasteiger partial charge in [-0.3, -0.25) is 0 Å². The topological polar surface area (TPSA) is 54.2 Å². The summed E-state index contributed by atoms with van der Waals surface area (Å²) in [7, 11) is 0. The van der Waals surface area contributed by atoms with E-state index >= 15 is 0 Å². The largest absolute Gasteiger partial charge is 0.389 e. The molecular formula is C14H24N4O. The average molecular weight is 264 g/mol. The van der Waals surface area contributed by atoms with Crippen molar-refractivity contribution in [3.63, 3.8) is 0 Å². The Balaban J connectivity index is 1.75. The number of piperidine rings is 1. The Morgan fingerprint density at radius 1 is 1.47 bits per heavy atom. The second kappa shape index (κ2) is 4.87. The maximum atomic E-state index is 11.0. The summed E-state index contributed by atoms with van der Waals surface area (Å²) < 4.78 is 1.96. The molecule has 5 nitrogen and oxygen atoms in total. The highest BCUT2D eigenvalue weighted by atomic mass is 16.3. The maximum Gasteiger partial charge on any atom is 0.138 e. The first kappa shape index (κ1) is 13.1. The van der Waals surface area contributed by atoms with Crippen LogP contribution in [0.4, 0.5) is 0 Å². The molecule has 3 heterocycles. The predicted octanol–water partition coefficient (Wildman–Crippen LogP) is 0.933. The van der Waals surface area contributed by atoms with Crippen LogP contribution >= 0.6 is 0 Å². The highest BCUT2D eigenvalue weighted by Gasteiger charge is 2.45. The maximum absolute atomic E-state index is 11.0. The number of fused-ring (bicyclic) bond motifs is 2. The summed E-state index contributed by atoms with van der Waals surface area (Å²) in [5.41, 5.74) is -0.575. The molecule has 2 bridgehead atoms. The van der Waals surface area contributed by atoms with E-state index in [4.69, 9.17) is 0 Å². The molecule has 2 aliphatic rings. The first-order chi connectivity index (χ1) is 9.07. The van der Waals surface area contributed by atoms with E-state index < -0.39 is 5.60 Å². The lowest BCUT2D eigenvalue weighted by Gasteiger charge is -2.38. The van der Waals surface area contributed by atoms with E-state index in [1.165, 1.54) is 0 Å². The monoisotopic (exact) mass is 264 g/mol. The number of hydrogen-bond acceptors (Lipinski definition) is 4. The lowest BCUT2D eigenvalue weighted by Crippen LogP contribution is -2.48. The van der Waals surface area contributed by atoms with Gasteiger partial charge in [-0.15, -0.1) is 0 Å². The second-order valence-electron chi connectivity index (χ2n) is 6.57. The van der Waals surface area contributed by atoms with E-state index in [2.05, 4.69) is 28.8 Å². The molecule has 0 spiro atoms. The molecule has 5 heteroatoms. The van der Waals surface area contributed by atoms with Crippen LogP contribution in [0.1, 0.15) is 32.5 Å². The third kappa shape index (κ3) is 2.54. The molecule has 0 aliphatic carbocycles. The Morgan fingerprint density at radius 3 is 3.11 bits per heavy atom. The van der Waals surface area contributed by atoms with Gasteiger partial charge in [-0.25, -0.2) is 9.67 Å². The Hall–Kier alpha value is -0.940. The molecule has 1 N–H and O–H groups in total. The quantitative estimate of drug-likeness (QED) is 0.879. The molecule has 2 saturated heterocycles. The zero-order chi connectivity index (χ0) is 13.5. The van der Waals surface area contributed by atoms with Crippen LogP contribution in [0.2, 0.25) is 0 Å². The van der Waals surface area contributed by atoms with Gasteiger partial charge in [0.2, 0.25) is 0 Å². The lowest BCUT2D eigenvalue weighted by atomic mass is 9.79. The van der Waals surface area contributed by atoms with Crippen LogP contribution in [-0.4, -0.2) is 50.0 Å². The van der Waals surface area contributed by atoms with Crippen molar-refractivity contribution >= 4 is 0 Å². The molecule has 1 aromatic rings. The van der Waals surface area contributed by atoms with Crippen LogP contribution in [0.3, 0.4) is 0 Å². The molecule has 0 aromatic carbocycles. The minimum atomic E-state index is -0.575. The molecule has 2 aliphatic heterocycles. The van der Waals surface area contributed by atoms with Crippen molar-refractivity contribution in [2.24, 2.45) is 11.8 Å². The van der Waals surface area contributed by atoms with Crippen LogP contribution in [0.25, 0.3) is 0 Å². The van der Waals surface area contributed by atoms with Crippen LogP contribution in [0.5, 0.6) is 0 Å². The highest BCUT2D eigenvalue weighted by molar-refractivity contribution is 5.03. The fourth-order valence-electron chi connectivity index (χ4n) is 3.46. The van der Waals surface area contributed by atoms with Gasteiger partial charge in [0, 0.05) is 32.0 Å². The molecule has 0 amide bonds. The Kier molecular flexibility index (Phi) is 3.35. The number of aromatic nitrogens is 3. The van der Waals surface area contributed by atoms with Crippen LogP contribution in [0, 0.1) is 11.8 Å². The van der Waals surface area contributed by atoms with Gasteiger partial charge in [-0.1, -0.05) is 13.8 Å². The van der Waals surface area contributed by atoms with Gasteiger partial charge in [-0.05, 0) is 25.3 Å². The van der Waals surface area contributed by atoms with Crippen LogP contribution in [-0.2, 0) is 13.0 Å². The smallest absolute Gasteiger partial charge is 0.138 e. The third-order valence-corrected chi connectivity index (χ3v) is 4.59. The minimum absolute atomic E-state index is 0.408. The van der Waals surface area contributed by atoms with E-state index in [1.807, 2.05) is 4.68 Å². The van der Waals surface area contributed by atoms with Crippen LogP contribution in [0.15, 0.2) is 6.33 Å². The van der Waals surface area contributed by atoms with Crippen molar-refractivity contribution in [2.75, 3.05) is 19.6 Å². The Bertz CT molecular complexity index is 444. The van der Waals surface area contributed by atoms with Gasteiger partial charge in [0.15, 0.2) is 0 Å². The van der Waals surface area contributed by atoms with Gasteiger partial charge in [-0.2, -0.15) is 5.10 Å². The molecule has 3 unspecified atom stereocenters. The Labute approximate surface area is 114 Å². The minimum Gasteiger partial charge on any atom is -0.389 e. The standard InChI is InChI=1S/C14H24N4O/c1-11(2)8-18-13(15-10-16-18)7-14(19)4-6-17-5-3-12(14)9-17/h10-12,19H,3-9H2,1-2H3. The number of hydrogen-bond donors (Lipinski definition) is 1. The highest BCUT2D eigenvalue weighted by Crippen LogP contribution is 2.37. The number of rotatable bonds is 4.